The maximum atomic E-state index is 11.5. The monoisotopic (exact) mass is 239 g/mol. The van der Waals surface area contributed by atoms with Gasteiger partial charge in [0.15, 0.2) is 0 Å². The van der Waals surface area contributed by atoms with Gasteiger partial charge in [0.1, 0.15) is 6.54 Å². The molecule has 1 aromatic heterocycles. The fourth-order valence-electron chi connectivity index (χ4n) is 1.18. The second-order valence-electron chi connectivity index (χ2n) is 3.35. The van der Waals surface area contributed by atoms with Crippen LogP contribution in [0.15, 0.2) is 19.0 Å². The van der Waals surface area contributed by atoms with Crippen molar-refractivity contribution in [3.63, 3.8) is 0 Å². The van der Waals surface area contributed by atoms with Crippen LogP contribution in [0.4, 0.5) is 0 Å². The Labute approximate surface area is 99.6 Å². The number of carbonyl (C=O) groups excluding carboxylic acids is 1. The van der Waals surface area contributed by atoms with E-state index in [0.717, 1.165) is 6.42 Å². The first-order valence-electron chi connectivity index (χ1n) is 5.34. The molecule has 0 unspecified atom stereocenters. The summed E-state index contributed by atoms with van der Waals surface area (Å²) in [5, 5.41) is 10.3. The van der Waals surface area contributed by atoms with E-state index in [9.17, 15) is 4.79 Å². The number of hydrogen-bond acceptors (Lipinski definition) is 5. The summed E-state index contributed by atoms with van der Waals surface area (Å²) in [7, 11) is 0. The van der Waals surface area contributed by atoms with Gasteiger partial charge in [0.05, 0.1) is 24.8 Å². The van der Waals surface area contributed by atoms with Crippen molar-refractivity contribution in [3.05, 3.63) is 24.7 Å². The van der Waals surface area contributed by atoms with Crippen molar-refractivity contribution >= 4 is 5.91 Å². The molecule has 0 aliphatic carbocycles. The highest BCUT2D eigenvalue weighted by molar-refractivity contribution is 5.75. The molecule has 17 heavy (non-hydrogen) atoms. The molecular weight excluding hydrogens is 222 g/mol. The summed E-state index contributed by atoms with van der Waals surface area (Å²) in [4.78, 5) is 11.5. The molecule has 0 spiro atoms. The van der Waals surface area contributed by atoms with Gasteiger partial charge in [-0.15, -0.1) is 5.10 Å². The zero-order valence-corrected chi connectivity index (χ0v) is 9.63. The Balaban J connectivity index is 2.18. The minimum absolute atomic E-state index is 0.114. The fraction of sp³-hybridized carbons (Fsp3) is 0.500. The number of carbonyl (C=O) groups is 1. The van der Waals surface area contributed by atoms with Crippen LogP contribution in [0.1, 0.15) is 12.1 Å². The van der Waals surface area contributed by atoms with Crippen LogP contribution in [0.25, 0.3) is 0 Å². The van der Waals surface area contributed by atoms with Crippen LogP contribution >= 0.6 is 0 Å². The van der Waals surface area contributed by atoms with Gasteiger partial charge >= 0.3 is 0 Å². The molecule has 0 aliphatic heterocycles. The fourth-order valence-corrected chi connectivity index (χ4v) is 1.18. The zero-order valence-electron chi connectivity index (χ0n) is 9.63. The number of nitrogens with two attached hydrogens (primary N) is 1. The van der Waals surface area contributed by atoms with Crippen LogP contribution in [0, 0.1) is 0 Å². The molecule has 0 saturated carbocycles. The molecule has 0 radical (unpaired) electrons. The Bertz CT molecular complexity index is 363. The third kappa shape index (κ3) is 5.12. The van der Waals surface area contributed by atoms with Gasteiger partial charge in [-0.3, -0.25) is 4.79 Å². The summed E-state index contributed by atoms with van der Waals surface area (Å²) in [5.74, 6) is -0.114. The highest BCUT2D eigenvalue weighted by Crippen LogP contribution is 1.90. The maximum Gasteiger partial charge on any atom is 0.241 e. The summed E-state index contributed by atoms with van der Waals surface area (Å²) in [6, 6.07) is 0. The van der Waals surface area contributed by atoms with Crippen LogP contribution in [0.3, 0.4) is 0 Å². The summed E-state index contributed by atoms with van der Waals surface area (Å²) in [6.45, 7) is 5.00. The normalized spacial score (nSPS) is 9.94. The van der Waals surface area contributed by atoms with Gasteiger partial charge < -0.3 is 15.8 Å². The smallest absolute Gasteiger partial charge is 0.241 e. The predicted molar refractivity (Wildman–Crippen MR) is 61.7 cm³/mol. The highest BCUT2D eigenvalue weighted by Gasteiger charge is 2.04. The number of amides is 1. The Morgan fingerprint density at radius 1 is 1.71 bits per heavy atom. The summed E-state index contributed by atoms with van der Waals surface area (Å²) in [6.07, 6.45) is 3.77. The van der Waals surface area contributed by atoms with E-state index in [0.29, 0.717) is 25.4 Å². The summed E-state index contributed by atoms with van der Waals surface area (Å²) < 4.78 is 6.38. The van der Waals surface area contributed by atoms with Gasteiger partial charge in [-0.25, -0.2) is 4.68 Å². The Morgan fingerprint density at radius 3 is 3.18 bits per heavy atom. The summed E-state index contributed by atoms with van der Waals surface area (Å²) >= 11 is 0. The molecule has 1 rings (SSSR count). The number of aromatic nitrogens is 3. The Kier molecular flexibility index (Phi) is 5.73. The van der Waals surface area contributed by atoms with E-state index >= 15 is 0 Å². The minimum Gasteiger partial charge on any atom is -0.502 e. The molecule has 0 bridgehead atoms. The molecule has 0 aliphatic rings. The predicted octanol–water partition coefficient (Wildman–Crippen LogP) is -0.597. The number of hydrogen-bond donors (Lipinski definition) is 2. The van der Waals surface area contributed by atoms with Gasteiger partial charge in [0.25, 0.3) is 0 Å². The molecule has 7 heteroatoms. The van der Waals surface area contributed by atoms with Gasteiger partial charge in [-0.1, -0.05) is 11.8 Å². The topological polar surface area (TPSA) is 95.1 Å². The molecule has 1 amide bonds. The minimum atomic E-state index is -0.114. The van der Waals surface area contributed by atoms with E-state index in [2.05, 4.69) is 22.2 Å². The third-order valence-corrected chi connectivity index (χ3v) is 1.98. The van der Waals surface area contributed by atoms with Crippen LogP contribution < -0.4 is 11.1 Å². The average molecular weight is 239 g/mol. The summed E-state index contributed by atoms with van der Waals surface area (Å²) in [5.41, 5.74) is 6.05. The molecule has 7 nitrogen and oxygen atoms in total. The van der Waals surface area contributed by atoms with Crippen LogP contribution in [-0.4, -0.2) is 34.1 Å². The molecule has 0 saturated heterocycles. The lowest BCUT2D eigenvalue weighted by Crippen LogP contribution is -2.29. The standard InChI is InChI=1S/C10H17N5O2/c1-2-17-5-3-4-12-10(16)8-15-7-9(6-11)13-14-15/h2,7H,1,3-6,8,11H2,(H,12,16). The lowest BCUT2D eigenvalue weighted by Gasteiger charge is -2.04. The van der Waals surface area contributed by atoms with E-state index in [1.54, 1.807) is 6.20 Å². The van der Waals surface area contributed by atoms with Crippen molar-refractivity contribution in [1.29, 1.82) is 0 Å². The molecule has 3 N–H and O–H groups in total. The molecular formula is C10H17N5O2. The first-order chi connectivity index (χ1) is 8.26. The van der Waals surface area contributed by atoms with Gasteiger partial charge in [-0.05, 0) is 6.42 Å². The second kappa shape index (κ2) is 7.39. The Morgan fingerprint density at radius 2 is 2.53 bits per heavy atom. The number of rotatable bonds is 8. The van der Waals surface area contributed by atoms with Gasteiger partial charge in [-0.2, -0.15) is 0 Å². The second-order valence-corrected chi connectivity index (χ2v) is 3.35. The van der Waals surface area contributed by atoms with Crippen LogP contribution in [-0.2, 0) is 22.6 Å². The molecule has 0 aromatic carbocycles. The van der Waals surface area contributed by atoms with Crippen molar-refractivity contribution in [2.75, 3.05) is 13.2 Å². The van der Waals surface area contributed by atoms with E-state index in [1.165, 1.54) is 10.9 Å². The Hall–Kier alpha value is -1.89. The average Bonchev–Trinajstić information content (AvgIpc) is 2.76. The van der Waals surface area contributed by atoms with Crippen molar-refractivity contribution < 1.29 is 9.53 Å². The quantitative estimate of drug-likeness (QED) is 0.466. The first kappa shape index (κ1) is 13.2. The van der Waals surface area contributed by atoms with Crippen LogP contribution in [0.2, 0.25) is 0 Å². The molecule has 0 atom stereocenters. The lowest BCUT2D eigenvalue weighted by molar-refractivity contribution is -0.121. The number of ether oxygens (including phenoxy) is 1. The number of nitrogens with zero attached hydrogens (tertiary/aromatic N) is 3. The maximum absolute atomic E-state index is 11.5. The van der Waals surface area contributed by atoms with Gasteiger partial charge in [0, 0.05) is 13.1 Å². The zero-order chi connectivity index (χ0) is 12.5. The molecule has 1 aromatic rings. The third-order valence-electron chi connectivity index (χ3n) is 1.98. The van der Waals surface area contributed by atoms with Crippen molar-refractivity contribution in [2.45, 2.75) is 19.5 Å². The molecule has 1 heterocycles. The van der Waals surface area contributed by atoms with E-state index in [4.69, 9.17) is 10.5 Å². The molecule has 0 fully saturated rings. The molecule has 94 valence electrons. The van der Waals surface area contributed by atoms with E-state index in [-0.39, 0.29) is 12.5 Å². The largest absolute Gasteiger partial charge is 0.502 e. The van der Waals surface area contributed by atoms with E-state index < -0.39 is 0 Å². The van der Waals surface area contributed by atoms with E-state index in [1.807, 2.05) is 0 Å². The van der Waals surface area contributed by atoms with Crippen molar-refractivity contribution in [2.24, 2.45) is 5.73 Å². The van der Waals surface area contributed by atoms with Crippen molar-refractivity contribution in [3.8, 4) is 0 Å². The van der Waals surface area contributed by atoms with Gasteiger partial charge in [0.2, 0.25) is 5.91 Å². The highest BCUT2D eigenvalue weighted by atomic mass is 16.5. The SMILES string of the molecule is C=COCCCNC(=O)Cn1cc(CN)nn1. The van der Waals surface area contributed by atoms with Crippen molar-refractivity contribution in [1.82, 2.24) is 20.3 Å². The lowest BCUT2D eigenvalue weighted by atomic mass is 10.4. The van der Waals surface area contributed by atoms with Crippen LogP contribution in [0.5, 0.6) is 0 Å². The number of nitrogens with one attached hydrogen (secondary N) is 1. The first-order valence-corrected chi connectivity index (χ1v) is 5.34.